The van der Waals surface area contributed by atoms with Crippen LogP contribution in [0.3, 0.4) is 0 Å². The van der Waals surface area contributed by atoms with Gasteiger partial charge in [0, 0.05) is 38.9 Å². The summed E-state index contributed by atoms with van der Waals surface area (Å²) in [5.74, 6) is 0.962. The number of carbonyl (C=O) groups is 1. The van der Waals surface area contributed by atoms with Crippen LogP contribution in [0.25, 0.3) is 0 Å². The number of nitrogens with one attached hydrogen (secondary N) is 1. The number of hydrogen-bond donors (Lipinski definition) is 1. The van der Waals surface area contributed by atoms with Crippen molar-refractivity contribution in [2.24, 2.45) is 0 Å². The van der Waals surface area contributed by atoms with Crippen LogP contribution in [0.5, 0.6) is 5.75 Å². The van der Waals surface area contributed by atoms with Gasteiger partial charge in [-0.3, -0.25) is 9.69 Å². The fourth-order valence-corrected chi connectivity index (χ4v) is 2.54. The third kappa shape index (κ3) is 3.22. The molecule has 5 nitrogen and oxygen atoms in total. The normalized spacial score (nSPS) is 17.6. The van der Waals surface area contributed by atoms with Crippen molar-refractivity contribution in [3.8, 4) is 5.75 Å². The first-order valence-electron chi connectivity index (χ1n) is 7.00. The zero-order valence-corrected chi connectivity index (χ0v) is 12.4. The minimum Gasteiger partial charge on any atom is -0.497 e. The molecule has 1 saturated heterocycles. The monoisotopic (exact) mass is 277 g/mol. The van der Waals surface area contributed by atoms with Gasteiger partial charge in [0.15, 0.2) is 0 Å². The van der Waals surface area contributed by atoms with Gasteiger partial charge < -0.3 is 15.0 Å². The average molecular weight is 277 g/mol. The molecular weight excluding hydrogens is 254 g/mol. The molecule has 2 rings (SSSR count). The summed E-state index contributed by atoms with van der Waals surface area (Å²) < 4.78 is 5.17. The van der Waals surface area contributed by atoms with Crippen molar-refractivity contribution in [1.82, 2.24) is 10.2 Å². The molecule has 0 unspecified atom stereocenters. The van der Waals surface area contributed by atoms with Crippen LogP contribution in [0.1, 0.15) is 6.92 Å². The standard InChI is InChI=1S/C15H23N3O2/c1-12(15(19)16-2)17-8-10-18(11-9-17)13-4-6-14(20-3)7-5-13/h4-7,12H,8-11H2,1-3H3,(H,16,19)/t12-/m1/s1. The number of carbonyl (C=O) groups excluding carboxylic acids is 1. The molecule has 1 aromatic carbocycles. The largest absolute Gasteiger partial charge is 0.497 e. The highest BCUT2D eigenvalue weighted by Gasteiger charge is 2.24. The van der Waals surface area contributed by atoms with Crippen LogP contribution in [-0.2, 0) is 4.79 Å². The second kappa shape index (κ2) is 6.61. The van der Waals surface area contributed by atoms with E-state index in [0.29, 0.717) is 0 Å². The Balaban J connectivity index is 1.91. The molecule has 20 heavy (non-hydrogen) atoms. The molecule has 1 fully saturated rings. The molecule has 0 spiro atoms. The predicted molar refractivity (Wildman–Crippen MR) is 80.3 cm³/mol. The molecular formula is C15H23N3O2. The van der Waals surface area contributed by atoms with Crippen LogP contribution in [0.2, 0.25) is 0 Å². The van der Waals surface area contributed by atoms with Gasteiger partial charge in [-0.2, -0.15) is 0 Å². The number of nitrogens with zero attached hydrogens (tertiary/aromatic N) is 2. The SMILES string of the molecule is CNC(=O)[C@@H](C)N1CCN(c2ccc(OC)cc2)CC1. The lowest BCUT2D eigenvalue weighted by Crippen LogP contribution is -2.53. The van der Waals surface area contributed by atoms with Crippen molar-refractivity contribution >= 4 is 11.6 Å². The van der Waals surface area contributed by atoms with Gasteiger partial charge in [-0.05, 0) is 31.2 Å². The van der Waals surface area contributed by atoms with Crippen LogP contribution in [0.4, 0.5) is 5.69 Å². The number of anilines is 1. The van der Waals surface area contributed by atoms with E-state index in [9.17, 15) is 4.79 Å². The molecule has 1 N–H and O–H groups in total. The van der Waals surface area contributed by atoms with Gasteiger partial charge in [0.05, 0.1) is 13.2 Å². The summed E-state index contributed by atoms with van der Waals surface area (Å²) in [6.45, 7) is 5.64. The van der Waals surface area contributed by atoms with Crippen molar-refractivity contribution in [2.45, 2.75) is 13.0 Å². The summed E-state index contributed by atoms with van der Waals surface area (Å²) in [4.78, 5) is 16.2. The molecule has 1 aromatic rings. The van der Waals surface area contributed by atoms with E-state index >= 15 is 0 Å². The summed E-state index contributed by atoms with van der Waals surface area (Å²) in [5, 5.41) is 2.71. The van der Waals surface area contributed by atoms with Gasteiger partial charge in [-0.1, -0.05) is 0 Å². The number of hydrogen-bond acceptors (Lipinski definition) is 4. The summed E-state index contributed by atoms with van der Waals surface area (Å²) in [5.41, 5.74) is 1.21. The molecule has 110 valence electrons. The molecule has 0 aliphatic carbocycles. The molecule has 5 heteroatoms. The summed E-state index contributed by atoms with van der Waals surface area (Å²) in [6.07, 6.45) is 0. The number of benzene rings is 1. The Labute approximate surface area is 120 Å². The van der Waals surface area contributed by atoms with E-state index in [1.807, 2.05) is 19.1 Å². The van der Waals surface area contributed by atoms with E-state index in [1.54, 1.807) is 14.2 Å². The number of amides is 1. The molecule has 1 aliphatic rings. The summed E-state index contributed by atoms with van der Waals surface area (Å²) >= 11 is 0. The molecule has 1 atom stereocenters. The Morgan fingerprint density at radius 2 is 1.80 bits per heavy atom. The third-order valence-electron chi connectivity index (χ3n) is 3.93. The summed E-state index contributed by atoms with van der Waals surface area (Å²) in [6, 6.07) is 8.06. The first kappa shape index (κ1) is 14.7. The molecule has 1 heterocycles. The van der Waals surface area contributed by atoms with E-state index < -0.39 is 0 Å². The highest BCUT2D eigenvalue weighted by atomic mass is 16.5. The maximum absolute atomic E-state index is 11.7. The van der Waals surface area contributed by atoms with E-state index in [4.69, 9.17) is 4.74 Å². The van der Waals surface area contributed by atoms with Gasteiger partial charge in [-0.15, -0.1) is 0 Å². The van der Waals surface area contributed by atoms with Crippen LogP contribution in [0.15, 0.2) is 24.3 Å². The lowest BCUT2D eigenvalue weighted by Gasteiger charge is -2.38. The fraction of sp³-hybridized carbons (Fsp3) is 0.533. The van der Waals surface area contributed by atoms with E-state index in [1.165, 1.54) is 5.69 Å². The highest BCUT2D eigenvalue weighted by molar-refractivity contribution is 5.81. The maximum Gasteiger partial charge on any atom is 0.236 e. The second-order valence-electron chi connectivity index (χ2n) is 5.01. The maximum atomic E-state index is 11.7. The molecule has 0 radical (unpaired) electrons. The number of ether oxygens (including phenoxy) is 1. The summed E-state index contributed by atoms with van der Waals surface area (Å²) in [7, 11) is 3.36. The van der Waals surface area contributed by atoms with Gasteiger partial charge in [-0.25, -0.2) is 0 Å². The van der Waals surface area contributed by atoms with Crippen LogP contribution in [-0.4, -0.2) is 57.2 Å². The first-order valence-corrected chi connectivity index (χ1v) is 7.00. The van der Waals surface area contributed by atoms with Gasteiger partial charge >= 0.3 is 0 Å². The topological polar surface area (TPSA) is 44.8 Å². The van der Waals surface area contributed by atoms with E-state index in [-0.39, 0.29) is 11.9 Å². The lowest BCUT2D eigenvalue weighted by molar-refractivity contribution is -0.125. The smallest absolute Gasteiger partial charge is 0.236 e. The van der Waals surface area contributed by atoms with Crippen LogP contribution < -0.4 is 15.0 Å². The zero-order valence-electron chi connectivity index (χ0n) is 12.4. The molecule has 0 aromatic heterocycles. The number of rotatable bonds is 4. The second-order valence-corrected chi connectivity index (χ2v) is 5.01. The Kier molecular flexibility index (Phi) is 4.84. The lowest BCUT2D eigenvalue weighted by atomic mass is 10.2. The van der Waals surface area contributed by atoms with Gasteiger partial charge in [0.25, 0.3) is 0 Å². The number of methoxy groups -OCH3 is 1. The van der Waals surface area contributed by atoms with E-state index in [0.717, 1.165) is 31.9 Å². The fourth-order valence-electron chi connectivity index (χ4n) is 2.54. The number of piperazine rings is 1. The van der Waals surface area contributed by atoms with Gasteiger partial charge in [0.1, 0.15) is 5.75 Å². The van der Waals surface area contributed by atoms with Crippen molar-refractivity contribution in [3.05, 3.63) is 24.3 Å². The molecule has 0 saturated carbocycles. The Bertz CT molecular complexity index is 439. The molecule has 1 aliphatic heterocycles. The molecule has 0 bridgehead atoms. The van der Waals surface area contributed by atoms with Crippen LogP contribution >= 0.6 is 0 Å². The Morgan fingerprint density at radius 1 is 1.20 bits per heavy atom. The Hall–Kier alpha value is -1.75. The quantitative estimate of drug-likeness (QED) is 0.890. The van der Waals surface area contributed by atoms with Gasteiger partial charge in [0.2, 0.25) is 5.91 Å². The zero-order chi connectivity index (χ0) is 14.5. The Morgan fingerprint density at radius 3 is 2.30 bits per heavy atom. The van der Waals surface area contributed by atoms with Crippen molar-refractivity contribution in [1.29, 1.82) is 0 Å². The van der Waals surface area contributed by atoms with Crippen molar-refractivity contribution < 1.29 is 9.53 Å². The number of likely N-dealkylation sites (N-methyl/N-ethyl adjacent to an activating group) is 1. The van der Waals surface area contributed by atoms with Crippen molar-refractivity contribution in [2.75, 3.05) is 45.2 Å². The average Bonchev–Trinajstić information content (AvgIpc) is 2.53. The van der Waals surface area contributed by atoms with Crippen molar-refractivity contribution in [3.63, 3.8) is 0 Å². The minimum atomic E-state index is -0.0574. The third-order valence-corrected chi connectivity index (χ3v) is 3.93. The molecule has 1 amide bonds. The minimum absolute atomic E-state index is 0.0574. The highest BCUT2D eigenvalue weighted by Crippen LogP contribution is 2.20. The van der Waals surface area contributed by atoms with Crippen LogP contribution in [0, 0.1) is 0 Å². The predicted octanol–water partition coefficient (Wildman–Crippen LogP) is 0.952. The first-order chi connectivity index (χ1) is 9.65. The van der Waals surface area contributed by atoms with E-state index in [2.05, 4.69) is 27.2 Å².